The Kier molecular flexibility index (Phi) is 5.96. The highest BCUT2D eigenvalue weighted by Crippen LogP contribution is 2.19. The van der Waals surface area contributed by atoms with E-state index < -0.39 is 5.97 Å². The minimum absolute atomic E-state index is 0.215. The number of hydrogen-bond acceptors (Lipinski definition) is 5. The average Bonchev–Trinajstić information content (AvgIpc) is 2.71. The van der Waals surface area contributed by atoms with E-state index >= 15 is 0 Å². The number of anilines is 1. The topological polar surface area (TPSA) is 90.3 Å². The molecule has 0 radical (unpaired) electrons. The molecule has 2 heterocycles. The van der Waals surface area contributed by atoms with Crippen molar-refractivity contribution in [2.75, 3.05) is 11.9 Å². The van der Waals surface area contributed by atoms with Crippen LogP contribution in [0.15, 0.2) is 71.9 Å². The normalized spacial score (nSPS) is 10.3. The van der Waals surface area contributed by atoms with Crippen LogP contribution < -0.4 is 10.9 Å². The maximum absolute atomic E-state index is 12.6. The van der Waals surface area contributed by atoms with E-state index in [1.165, 1.54) is 22.9 Å². The van der Waals surface area contributed by atoms with Crippen molar-refractivity contribution in [3.05, 3.63) is 83.0 Å². The zero-order chi connectivity index (χ0) is 19.9. The summed E-state index contributed by atoms with van der Waals surface area (Å²) < 4.78 is 6.05. The summed E-state index contributed by atoms with van der Waals surface area (Å²) in [5, 5.41) is 2.74. The van der Waals surface area contributed by atoms with Gasteiger partial charge in [-0.05, 0) is 36.8 Å². The second-order valence-electron chi connectivity index (χ2n) is 5.97. The van der Waals surface area contributed by atoms with E-state index in [1.807, 2.05) is 18.2 Å². The monoisotopic (exact) mass is 377 g/mol. The summed E-state index contributed by atoms with van der Waals surface area (Å²) >= 11 is 0. The molecule has 0 bridgehead atoms. The number of benzene rings is 1. The van der Waals surface area contributed by atoms with Crippen molar-refractivity contribution in [1.29, 1.82) is 0 Å². The van der Waals surface area contributed by atoms with Crippen LogP contribution in [0.1, 0.15) is 17.3 Å². The highest BCUT2D eigenvalue weighted by atomic mass is 16.5. The van der Waals surface area contributed by atoms with Gasteiger partial charge >= 0.3 is 5.97 Å². The number of hydrogen-bond donors (Lipinski definition) is 1. The molecule has 1 aromatic carbocycles. The number of amides is 1. The second-order valence-corrected chi connectivity index (χ2v) is 5.97. The SMILES string of the molecule is CCOC(=O)Cn1cc(NC(=O)c2cccc(-c3cccnc3)c2)ccc1=O. The van der Waals surface area contributed by atoms with Gasteiger partial charge in [-0.2, -0.15) is 0 Å². The fourth-order valence-corrected chi connectivity index (χ4v) is 2.65. The first-order chi connectivity index (χ1) is 13.6. The van der Waals surface area contributed by atoms with Crippen LogP contribution in [-0.4, -0.2) is 28.0 Å². The van der Waals surface area contributed by atoms with Gasteiger partial charge in [0.25, 0.3) is 11.5 Å². The van der Waals surface area contributed by atoms with E-state index in [0.29, 0.717) is 11.3 Å². The Morgan fingerprint density at radius 2 is 1.93 bits per heavy atom. The van der Waals surface area contributed by atoms with Crippen molar-refractivity contribution in [2.24, 2.45) is 0 Å². The number of ether oxygens (including phenoxy) is 1. The van der Waals surface area contributed by atoms with Gasteiger partial charge in [-0.25, -0.2) is 0 Å². The molecule has 0 saturated heterocycles. The van der Waals surface area contributed by atoms with Crippen LogP contribution in [0.5, 0.6) is 0 Å². The molecule has 0 aliphatic rings. The lowest BCUT2D eigenvalue weighted by Gasteiger charge is -2.10. The summed E-state index contributed by atoms with van der Waals surface area (Å²) in [4.78, 5) is 40.2. The van der Waals surface area contributed by atoms with Gasteiger partial charge in [-0.15, -0.1) is 0 Å². The lowest BCUT2D eigenvalue weighted by Crippen LogP contribution is -2.25. The molecule has 0 saturated carbocycles. The first-order valence-corrected chi connectivity index (χ1v) is 8.75. The number of carbonyl (C=O) groups excluding carboxylic acids is 2. The molecule has 3 rings (SSSR count). The molecule has 28 heavy (non-hydrogen) atoms. The van der Waals surface area contributed by atoms with Crippen LogP contribution in [0, 0.1) is 0 Å². The molecule has 0 unspecified atom stereocenters. The lowest BCUT2D eigenvalue weighted by molar-refractivity contribution is -0.143. The summed E-state index contributed by atoms with van der Waals surface area (Å²) in [5.74, 6) is -0.843. The highest BCUT2D eigenvalue weighted by Gasteiger charge is 2.10. The molecule has 0 atom stereocenters. The van der Waals surface area contributed by atoms with Crippen LogP contribution in [-0.2, 0) is 16.1 Å². The number of carbonyl (C=O) groups is 2. The molecule has 7 nitrogen and oxygen atoms in total. The third kappa shape index (κ3) is 4.70. The van der Waals surface area contributed by atoms with Gasteiger partial charge < -0.3 is 14.6 Å². The number of rotatable bonds is 6. The Hall–Kier alpha value is -3.74. The van der Waals surface area contributed by atoms with Crippen LogP contribution in [0.2, 0.25) is 0 Å². The number of pyridine rings is 2. The molecule has 0 spiro atoms. The van der Waals surface area contributed by atoms with E-state index in [1.54, 1.807) is 37.5 Å². The van der Waals surface area contributed by atoms with Crippen molar-refractivity contribution in [3.63, 3.8) is 0 Å². The van der Waals surface area contributed by atoms with Crippen LogP contribution in [0.25, 0.3) is 11.1 Å². The molecule has 1 amide bonds. The highest BCUT2D eigenvalue weighted by molar-refractivity contribution is 6.04. The molecular weight excluding hydrogens is 358 g/mol. The predicted octanol–water partition coefficient (Wildman–Crippen LogP) is 2.73. The van der Waals surface area contributed by atoms with Crippen molar-refractivity contribution >= 4 is 17.6 Å². The second kappa shape index (κ2) is 8.77. The Bertz CT molecular complexity index is 1040. The summed E-state index contributed by atoms with van der Waals surface area (Å²) in [7, 11) is 0. The Balaban J connectivity index is 1.78. The maximum atomic E-state index is 12.6. The van der Waals surface area contributed by atoms with Crippen molar-refractivity contribution in [3.8, 4) is 11.1 Å². The largest absolute Gasteiger partial charge is 0.465 e. The van der Waals surface area contributed by atoms with Crippen molar-refractivity contribution in [2.45, 2.75) is 13.5 Å². The zero-order valence-electron chi connectivity index (χ0n) is 15.3. The summed E-state index contributed by atoms with van der Waals surface area (Å²) in [5.41, 5.74) is 2.28. The van der Waals surface area contributed by atoms with Crippen LogP contribution in [0.3, 0.4) is 0 Å². The number of aromatic nitrogens is 2. The molecule has 0 aliphatic heterocycles. The van der Waals surface area contributed by atoms with E-state index in [9.17, 15) is 14.4 Å². The van der Waals surface area contributed by atoms with Gasteiger partial charge in [0.05, 0.1) is 12.3 Å². The van der Waals surface area contributed by atoms with Crippen LogP contribution >= 0.6 is 0 Å². The van der Waals surface area contributed by atoms with Gasteiger partial charge in [0.1, 0.15) is 6.54 Å². The average molecular weight is 377 g/mol. The Morgan fingerprint density at radius 3 is 2.68 bits per heavy atom. The number of nitrogens with one attached hydrogen (secondary N) is 1. The summed E-state index contributed by atoms with van der Waals surface area (Å²) in [6, 6.07) is 13.7. The van der Waals surface area contributed by atoms with E-state index in [2.05, 4.69) is 10.3 Å². The smallest absolute Gasteiger partial charge is 0.326 e. The van der Waals surface area contributed by atoms with E-state index in [4.69, 9.17) is 4.74 Å². The maximum Gasteiger partial charge on any atom is 0.326 e. The molecule has 1 N–H and O–H groups in total. The molecule has 7 heteroatoms. The summed E-state index contributed by atoms with van der Waals surface area (Å²) in [6.45, 7) is 1.71. The van der Waals surface area contributed by atoms with Gasteiger partial charge in [-0.3, -0.25) is 19.4 Å². The molecular formula is C21H19N3O4. The Morgan fingerprint density at radius 1 is 1.11 bits per heavy atom. The lowest BCUT2D eigenvalue weighted by atomic mass is 10.0. The van der Waals surface area contributed by atoms with Crippen molar-refractivity contribution in [1.82, 2.24) is 9.55 Å². The standard InChI is InChI=1S/C21H19N3O4/c1-2-28-20(26)14-24-13-18(8-9-19(24)25)23-21(27)16-6-3-5-15(11-16)17-7-4-10-22-12-17/h3-13H,2,14H2,1H3,(H,23,27). The van der Waals surface area contributed by atoms with Crippen LogP contribution in [0.4, 0.5) is 5.69 Å². The van der Waals surface area contributed by atoms with Crippen molar-refractivity contribution < 1.29 is 14.3 Å². The third-order valence-corrected chi connectivity index (χ3v) is 3.97. The number of nitrogens with zero attached hydrogens (tertiary/aromatic N) is 2. The minimum atomic E-state index is -0.516. The van der Waals surface area contributed by atoms with Gasteiger partial charge in [0.15, 0.2) is 0 Å². The molecule has 2 aromatic heterocycles. The van der Waals surface area contributed by atoms with E-state index in [-0.39, 0.29) is 24.6 Å². The third-order valence-electron chi connectivity index (χ3n) is 3.97. The van der Waals surface area contributed by atoms with Gasteiger partial charge in [0, 0.05) is 35.8 Å². The molecule has 3 aromatic rings. The molecule has 0 aliphatic carbocycles. The summed E-state index contributed by atoms with van der Waals surface area (Å²) in [6.07, 6.45) is 4.83. The first kappa shape index (κ1) is 19.0. The zero-order valence-corrected chi connectivity index (χ0v) is 15.3. The quantitative estimate of drug-likeness (QED) is 0.667. The fraction of sp³-hybridized carbons (Fsp3) is 0.143. The van der Waals surface area contributed by atoms with Gasteiger partial charge in [0.2, 0.25) is 0 Å². The fourth-order valence-electron chi connectivity index (χ4n) is 2.65. The Labute approximate surface area is 161 Å². The van der Waals surface area contributed by atoms with Gasteiger partial charge in [-0.1, -0.05) is 18.2 Å². The molecule has 0 fully saturated rings. The minimum Gasteiger partial charge on any atom is -0.465 e. The van der Waals surface area contributed by atoms with E-state index in [0.717, 1.165) is 11.1 Å². The number of esters is 1. The first-order valence-electron chi connectivity index (χ1n) is 8.75. The predicted molar refractivity (Wildman–Crippen MR) is 105 cm³/mol. The molecule has 142 valence electrons.